The van der Waals surface area contributed by atoms with E-state index in [0.29, 0.717) is 19.7 Å². The molecule has 0 aliphatic heterocycles. The van der Waals surface area contributed by atoms with Gasteiger partial charge in [-0.15, -0.1) is 23.5 Å². The Hall–Kier alpha value is 1.75. The van der Waals surface area contributed by atoms with Gasteiger partial charge in [0, 0.05) is 24.4 Å². The van der Waals surface area contributed by atoms with Crippen molar-refractivity contribution in [3.05, 3.63) is 0 Å². The highest BCUT2D eigenvalue weighted by atomic mass is 32.2. The van der Waals surface area contributed by atoms with Gasteiger partial charge in [0.1, 0.15) is 0 Å². The van der Waals surface area contributed by atoms with Crippen molar-refractivity contribution >= 4 is 61.4 Å². The Morgan fingerprint density at radius 3 is 1.44 bits per heavy atom. The number of hydrogen-bond acceptors (Lipinski definition) is 5. The number of thiol groups is 3. The second-order valence-corrected chi connectivity index (χ2v) is 10.6. The van der Waals surface area contributed by atoms with E-state index < -0.39 is 0 Å². The SMILES string of the molecule is CCC(S)(C(C)SC(C)S)C(C)SC(C)S. The zero-order valence-electron chi connectivity index (χ0n) is 10.7. The summed E-state index contributed by atoms with van der Waals surface area (Å²) in [5, 5.41) is 0.978. The maximum atomic E-state index is 4.95. The van der Waals surface area contributed by atoms with Gasteiger partial charge in [0.05, 0.1) is 0 Å². The van der Waals surface area contributed by atoms with E-state index in [2.05, 4.69) is 59.9 Å². The first kappa shape index (κ1) is 17.8. The molecule has 0 rings (SSSR count). The topological polar surface area (TPSA) is 0 Å². The van der Waals surface area contributed by atoms with Crippen molar-refractivity contribution in [2.24, 2.45) is 0 Å². The van der Waals surface area contributed by atoms with E-state index in [1.54, 1.807) is 0 Å². The van der Waals surface area contributed by atoms with Gasteiger partial charge >= 0.3 is 0 Å². The third-order valence-electron chi connectivity index (χ3n) is 2.78. The monoisotopic (exact) mass is 316 g/mol. The van der Waals surface area contributed by atoms with E-state index in [1.165, 1.54) is 0 Å². The highest BCUT2D eigenvalue weighted by Gasteiger charge is 2.37. The molecule has 4 atom stereocenters. The van der Waals surface area contributed by atoms with Crippen molar-refractivity contribution in [2.75, 3.05) is 0 Å². The minimum Gasteiger partial charge on any atom is -0.170 e. The maximum absolute atomic E-state index is 4.95. The van der Waals surface area contributed by atoms with E-state index in [4.69, 9.17) is 12.6 Å². The van der Waals surface area contributed by atoms with Crippen LogP contribution in [0.2, 0.25) is 0 Å². The van der Waals surface area contributed by atoms with Gasteiger partial charge in [-0.2, -0.15) is 37.9 Å². The van der Waals surface area contributed by atoms with Crippen LogP contribution in [0.4, 0.5) is 0 Å². The van der Waals surface area contributed by atoms with Crippen LogP contribution in [0.5, 0.6) is 0 Å². The zero-order chi connectivity index (χ0) is 12.9. The van der Waals surface area contributed by atoms with Crippen molar-refractivity contribution < 1.29 is 0 Å². The average Bonchev–Trinajstić information content (AvgIpc) is 2.14. The fourth-order valence-corrected chi connectivity index (χ4v) is 5.67. The molecule has 0 heterocycles. The molecule has 4 unspecified atom stereocenters. The molecule has 0 aromatic heterocycles. The van der Waals surface area contributed by atoms with Crippen molar-refractivity contribution in [1.82, 2.24) is 0 Å². The van der Waals surface area contributed by atoms with E-state index in [9.17, 15) is 0 Å². The summed E-state index contributed by atoms with van der Waals surface area (Å²) < 4.78 is 0.765. The smallest absolute Gasteiger partial charge is 0.0447 e. The van der Waals surface area contributed by atoms with Gasteiger partial charge in [0.15, 0.2) is 0 Å². The summed E-state index contributed by atoms with van der Waals surface area (Å²) in [4.78, 5) is 0. The van der Waals surface area contributed by atoms with Gasteiger partial charge in [-0.3, -0.25) is 0 Å². The van der Waals surface area contributed by atoms with E-state index >= 15 is 0 Å². The van der Waals surface area contributed by atoms with Crippen LogP contribution in [0.3, 0.4) is 0 Å². The Kier molecular flexibility index (Phi) is 8.91. The van der Waals surface area contributed by atoms with Gasteiger partial charge in [0.25, 0.3) is 0 Å². The first-order valence-electron chi connectivity index (χ1n) is 5.63. The lowest BCUT2D eigenvalue weighted by Crippen LogP contribution is -2.42. The van der Waals surface area contributed by atoms with E-state index in [-0.39, 0.29) is 4.75 Å². The number of thioether (sulfide) groups is 2. The molecular formula is C11H24S5. The molecule has 0 saturated carbocycles. The summed E-state index contributed by atoms with van der Waals surface area (Å²) in [6.07, 6.45) is 1.07. The molecule has 0 bridgehead atoms. The van der Waals surface area contributed by atoms with Crippen molar-refractivity contribution in [3.63, 3.8) is 0 Å². The molecule has 0 aliphatic carbocycles. The van der Waals surface area contributed by atoms with E-state index in [0.717, 1.165) is 6.42 Å². The summed E-state index contributed by atoms with van der Waals surface area (Å²) in [6.45, 7) is 11.0. The molecule has 0 aromatic rings. The Morgan fingerprint density at radius 1 is 0.938 bits per heavy atom. The predicted octanol–water partition coefficient (Wildman–Crippen LogP) is 4.86. The predicted molar refractivity (Wildman–Crippen MR) is 93.0 cm³/mol. The Morgan fingerprint density at radius 2 is 1.25 bits per heavy atom. The van der Waals surface area contributed by atoms with Crippen LogP contribution in [0.1, 0.15) is 41.0 Å². The number of rotatable bonds is 7. The lowest BCUT2D eigenvalue weighted by Gasteiger charge is -2.39. The lowest BCUT2D eigenvalue weighted by atomic mass is 9.98. The van der Waals surface area contributed by atoms with Crippen LogP contribution in [0.15, 0.2) is 0 Å². The molecule has 98 valence electrons. The molecule has 0 spiro atoms. The first-order chi connectivity index (χ1) is 7.24. The van der Waals surface area contributed by atoms with E-state index in [1.807, 2.05) is 23.5 Å². The molecule has 0 amide bonds. The summed E-state index contributed by atoms with van der Waals surface area (Å²) in [5.41, 5.74) is 0. The Bertz CT molecular complexity index is 177. The molecular weight excluding hydrogens is 292 g/mol. The van der Waals surface area contributed by atoms with Gasteiger partial charge in [-0.25, -0.2) is 0 Å². The highest BCUT2D eigenvalue weighted by Crippen LogP contribution is 2.43. The Balaban J connectivity index is 4.61. The molecule has 16 heavy (non-hydrogen) atoms. The summed E-state index contributed by atoms with van der Waals surface area (Å²) in [6, 6.07) is 0. The van der Waals surface area contributed by atoms with Crippen LogP contribution >= 0.6 is 61.4 Å². The van der Waals surface area contributed by atoms with Crippen LogP contribution in [0, 0.1) is 0 Å². The fraction of sp³-hybridized carbons (Fsp3) is 1.00. The van der Waals surface area contributed by atoms with Gasteiger partial charge in [-0.05, 0) is 20.3 Å². The van der Waals surface area contributed by atoms with Crippen LogP contribution in [-0.2, 0) is 0 Å². The van der Waals surface area contributed by atoms with Crippen LogP contribution in [0.25, 0.3) is 0 Å². The van der Waals surface area contributed by atoms with Gasteiger partial charge in [0.2, 0.25) is 0 Å². The summed E-state index contributed by atoms with van der Waals surface area (Å²) >= 11 is 17.6. The fourth-order valence-electron chi connectivity index (χ4n) is 1.73. The quantitative estimate of drug-likeness (QED) is 0.453. The highest BCUT2D eigenvalue weighted by molar-refractivity contribution is 8.12. The van der Waals surface area contributed by atoms with Crippen LogP contribution < -0.4 is 0 Å². The number of hydrogen-bond donors (Lipinski definition) is 3. The minimum absolute atomic E-state index is 0.0450. The Labute approximate surface area is 126 Å². The second-order valence-electron chi connectivity index (χ2n) is 4.10. The lowest BCUT2D eigenvalue weighted by molar-refractivity contribution is 0.559. The molecule has 0 N–H and O–H groups in total. The molecule has 0 saturated heterocycles. The van der Waals surface area contributed by atoms with Crippen LogP contribution in [-0.4, -0.2) is 24.4 Å². The molecule has 0 nitrogen and oxygen atoms in total. The zero-order valence-corrected chi connectivity index (χ0v) is 15.0. The molecule has 0 aromatic carbocycles. The summed E-state index contributed by atoms with van der Waals surface area (Å²) in [7, 11) is 0. The normalized spacial score (nSPS) is 23.2. The van der Waals surface area contributed by atoms with Gasteiger partial charge in [-0.1, -0.05) is 20.8 Å². The summed E-state index contributed by atoms with van der Waals surface area (Å²) in [5.74, 6) is 0. The third-order valence-corrected chi connectivity index (χ3v) is 7.39. The van der Waals surface area contributed by atoms with Gasteiger partial charge < -0.3 is 0 Å². The second kappa shape index (κ2) is 8.03. The molecule has 5 heteroatoms. The standard InChI is InChI=1S/C11H24S5/c1-6-11(14,7(2)15-9(4)12)8(3)16-10(5)13/h7-10,12-14H,6H2,1-5H3. The molecule has 0 aliphatic rings. The van der Waals surface area contributed by atoms with Crippen molar-refractivity contribution in [2.45, 2.75) is 65.5 Å². The van der Waals surface area contributed by atoms with Crippen molar-refractivity contribution in [3.8, 4) is 0 Å². The van der Waals surface area contributed by atoms with Crippen molar-refractivity contribution in [1.29, 1.82) is 0 Å². The third kappa shape index (κ3) is 5.59. The largest absolute Gasteiger partial charge is 0.170 e. The molecule has 0 fully saturated rings. The molecule has 0 radical (unpaired) electrons. The average molecular weight is 317 g/mol. The first-order valence-corrected chi connectivity index (χ1v) is 9.00. The maximum Gasteiger partial charge on any atom is 0.0447 e. The minimum atomic E-state index is 0.0450.